The quantitative estimate of drug-likeness (QED) is 0.689. The minimum Gasteiger partial charge on any atom is -0.406 e. The highest BCUT2D eigenvalue weighted by Crippen LogP contribution is 2.16. The van der Waals surface area contributed by atoms with Gasteiger partial charge in [-0.25, -0.2) is 0 Å². The van der Waals surface area contributed by atoms with Gasteiger partial charge in [0.1, 0.15) is 0 Å². The number of aromatic nitrogens is 2. The Morgan fingerprint density at radius 1 is 1.22 bits per heavy atom. The lowest BCUT2D eigenvalue weighted by Crippen LogP contribution is -2.30. The number of hydrogen-bond acceptors (Lipinski definition) is 7. The third-order valence-corrected chi connectivity index (χ3v) is 2.63. The van der Waals surface area contributed by atoms with Gasteiger partial charge < -0.3 is 24.1 Å². The molecule has 0 radical (unpaired) electrons. The molecular weight excluding hydrogens is 236 g/mol. The summed E-state index contributed by atoms with van der Waals surface area (Å²) >= 11 is 0. The maximum absolute atomic E-state index is 5.62. The van der Waals surface area contributed by atoms with Crippen LogP contribution in [-0.4, -0.2) is 57.8 Å². The van der Waals surface area contributed by atoms with Gasteiger partial charge in [0.2, 0.25) is 5.89 Å². The molecule has 1 atom stereocenters. The molecule has 7 nitrogen and oxygen atoms in total. The number of rotatable bonds is 9. The molecule has 104 valence electrons. The number of anilines is 1. The Hall–Kier alpha value is -1.18. The van der Waals surface area contributed by atoms with Crippen LogP contribution >= 0.6 is 0 Å². The minimum absolute atomic E-state index is 0.0398. The lowest BCUT2D eigenvalue weighted by atomic mass is 10.3. The normalized spacial score (nSPS) is 12.7. The second-order valence-corrected chi connectivity index (χ2v) is 3.91. The summed E-state index contributed by atoms with van der Waals surface area (Å²) < 4.78 is 15.8. The lowest BCUT2D eigenvalue weighted by Gasteiger charge is -2.19. The van der Waals surface area contributed by atoms with E-state index in [1.807, 2.05) is 18.9 Å². The number of hydrogen-bond donors (Lipinski definition) is 1. The van der Waals surface area contributed by atoms with Gasteiger partial charge in [0, 0.05) is 27.3 Å². The van der Waals surface area contributed by atoms with E-state index >= 15 is 0 Å². The molecular formula is C11H22N4O3. The van der Waals surface area contributed by atoms with Gasteiger partial charge in [-0.1, -0.05) is 5.10 Å². The molecule has 1 N–H and O–H groups in total. The van der Waals surface area contributed by atoms with Gasteiger partial charge >= 0.3 is 6.01 Å². The first-order valence-electron chi connectivity index (χ1n) is 5.96. The van der Waals surface area contributed by atoms with Gasteiger partial charge in [0.25, 0.3) is 0 Å². The summed E-state index contributed by atoms with van der Waals surface area (Å²) in [4.78, 5) is 1.95. The molecule has 0 aliphatic carbocycles. The molecule has 7 heteroatoms. The number of nitrogens with one attached hydrogen (secondary N) is 1. The number of methoxy groups -OCH3 is 2. The first-order valence-corrected chi connectivity index (χ1v) is 5.96. The molecule has 1 rings (SSSR count). The Morgan fingerprint density at radius 2 is 1.83 bits per heavy atom. The first kappa shape index (κ1) is 14.9. The summed E-state index contributed by atoms with van der Waals surface area (Å²) in [5, 5.41) is 11.1. The largest absolute Gasteiger partial charge is 0.406 e. The Morgan fingerprint density at radius 3 is 2.33 bits per heavy atom. The average Bonchev–Trinajstić information content (AvgIpc) is 2.87. The molecule has 0 saturated carbocycles. The summed E-state index contributed by atoms with van der Waals surface area (Å²) in [5.74, 6) is 0.576. The smallest absolute Gasteiger partial charge is 0.318 e. The predicted octanol–water partition coefficient (Wildman–Crippen LogP) is 0.449. The fourth-order valence-electron chi connectivity index (χ4n) is 1.36. The first-order chi connectivity index (χ1) is 8.72. The van der Waals surface area contributed by atoms with E-state index in [1.165, 1.54) is 0 Å². The second kappa shape index (κ2) is 8.02. The third-order valence-electron chi connectivity index (χ3n) is 2.63. The van der Waals surface area contributed by atoms with Crippen LogP contribution in [0.3, 0.4) is 0 Å². The predicted molar refractivity (Wildman–Crippen MR) is 67.7 cm³/mol. The van der Waals surface area contributed by atoms with E-state index in [1.54, 1.807) is 14.2 Å². The Labute approximate surface area is 107 Å². The lowest BCUT2D eigenvalue weighted by molar-refractivity contribution is 0.188. The topological polar surface area (TPSA) is 72.7 Å². The SMILES string of the molecule is CNC(C)c1nnc(N(CCOC)CCOC)o1. The molecule has 0 aliphatic rings. The van der Waals surface area contributed by atoms with Gasteiger partial charge in [0.05, 0.1) is 19.3 Å². The van der Waals surface area contributed by atoms with Gasteiger partial charge in [0.15, 0.2) is 0 Å². The molecule has 0 spiro atoms. The van der Waals surface area contributed by atoms with Crippen molar-refractivity contribution in [2.45, 2.75) is 13.0 Å². The molecule has 1 heterocycles. The average molecular weight is 258 g/mol. The third kappa shape index (κ3) is 4.25. The summed E-state index contributed by atoms with van der Waals surface area (Å²) in [7, 11) is 5.18. The molecule has 1 aromatic rings. The van der Waals surface area contributed by atoms with Crippen LogP contribution in [0.2, 0.25) is 0 Å². The number of ether oxygens (including phenoxy) is 2. The van der Waals surface area contributed by atoms with Crippen molar-refractivity contribution in [1.29, 1.82) is 0 Å². The summed E-state index contributed by atoms with van der Waals surface area (Å²) in [6.45, 7) is 4.54. The monoisotopic (exact) mass is 258 g/mol. The van der Waals surface area contributed by atoms with Crippen molar-refractivity contribution >= 4 is 6.01 Å². The van der Waals surface area contributed by atoms with Crippen molar-refractivity contribution in [2.75, 3.05) is 52.5 Å². The van der Waals surface area contributed by atoms with Crippen LogP contribution in [0.4, 0.5) is 6.01 Å². The van der Waals surface area contributed by atoms with E-state index in [0.29, 0.717) is 38.2 Å². The van der Waals surface area contributed by atoms with Crippen molar-refractivity contribution in [3.05, 3.63) is 5.89 Å². The van der Waals surface area contributed by atoms with Crippen LogP contribution in [-0.2, 0) is 9.47 Å². The van der Waals surface area contributed by atoms with Crippen molar-refractivity contribution in [1.82, 2.24) is 15.5 Å². The van der Waals surface area contributed by atoms with E-state index in [-0.39, 0.29) is 6.04 Å². The van der Waals surface area contributed by atoms with Crippen LogP contribution in [0.1, 0.15) is 18.9 Å². The van der Waals surface area contributed by atoms with E-state index < -0.39 is 0 Å². The summed E-state index contributed by atoms with van der Waals surface area (Å²) in [6.07, 6.45) is 0. The summed E-state index contributed by atoms with van der Waals surface area (Å²) in [5.41, 5.74) is 0. The highest BCUT2D eigenvalue weighted by Gasteiger charge is 2.16. The zero-order chi connectivity index (χ0) is 13.4. The fraction of sp³-hybridized carbons (Fsp3) is 0.818. The Balaban J connectivity index is 2.67. The Kier molecular flexibility index (Phi) is 6.63. The molecule has 0 saturated heterocycles. The van der Waals surface area contributed by atoms with Gasteiger partial charge in [-0.15, -0.1) is 5.10 Å². The van der Waals surface area contributed by atoms with Crippen LogP contribution in [0.25, 0.3) is 0 Å². The molecule has 0 aromatic carbocycles. The van der Waals surface area contributed by atoms with Crippen molar-refractivity contribution in [3.8, 4) is 0 Å². The van der Waals surface area contributed by atoms with Gasteiger partial charge in [-0.05, 0) is 14.0 Å². The van der Waals surface area contributed by atoms with E-state index in [9.17, 15) is 0 Å². The van der Waals surface area contributed by atoms with Crippen LogP contribution in [0.15, 0.2) is 4.42 Å². The highest BCUT2D eigenvalue weighted by molar-refractivity contribution is 5.24. The minimum atomic E-state index is 0.0398. The molecule has 1 aromatic heterocycles. The molecule has 18 heavy (non-hydrogen) atoms. The van der Waals surface area contributed by atoms with Crippen LogP contribution in [0.5, 0.6) is 0 Å². The molecule has 0 bridgehead atoms. The van der Waals surface area contributed by atoms with Gasteiger partial charge in [-0.2, -0.15) is 0 Å². The zero-order valence-electron chi connectivity index (χ0n) is 11.5. The fourth-order valence-corrected chi connectivity index (χ4v) is 1.36. The van der Waals surface area contributed by atoms with Crippen LogP contribution < -0.4 is 10.2 Å². The van der Waals surface area contributed by atoms with Crippen molar-refractivity contribution in [2.24, 2.45) is 0 Å². The van der Waals surface area contributed by atoms with Crippen LogP contribution in [0, 0.1) is 0 Å². The van der Waals surface area contributed by atoms with Crippen molar-refractivity contribution in [3.63, 3.8) is 0 Å². The standard InChI is InChI=1S/C11H22N4O3/c1-9(12-2)10-13-14-11(18-10)15(5-7-16-3)6-8-17-4/h9,12H,5-8H2,1-4H3. The van der Waals surface area contributed by atoms with Crippen molar-refractivity contribution < 1.29 is 13.9 Å². The molecule has 0 fully saturated rings. The molecule has 1 unspecified atom stereocenters. The second-order valence-electron chi connectivity index (χ2n) is 3.91. The maximum atomic E-state index is 5.62. The molecule has 0 aliphatic heterocycles. The number of nitrogens with zero attached hydrogens (tertiary/aromatic N) is 3. The summed E-state index contributed by atoms with van der Waals surface area (Å²) in [6, 6.07) is 0.541. The van der Waals surface area contributed by atoms with E-state index in [0.717, 1.165) is 0 Å². The van der Waals surface area contributed by atoms with Gasteiger partial charge in [-0.3, -0.25) is 0 Å². The maximum Gasteiger partial charge on any atom is 0.318 e. The Bertz CT molecular complexity index is 324. The van der Waals surface area contributed by atoms with E-state index in [4.69, 9.17) is 13.9 Å². The zero-order valence-corrected chi connectivity index (χ0v) is 11.5. The van der Waals surface area contributed by atoms with E-state index in [2.05, 4.69) is 15.5 Å². The molecule has 0 amide bonds. The highest BCUT2D eigenvalue weighted by atomic mass is 16.5.